The second-order valence-electron chi connectivity index (χ2n) is 9.27. The summed E-state index contributed by atoms with van der Waals surface area (Å²) in [7, 11) is 1.82. The van der Waals surface area contributed by atoms with E-state index in [4.69, 9.17) is 16.3 Å². The fraction of sp³-hybridized carbons (Fsp3) is 0.393. The van der Waals surface area contributed by atoms with Crippen molar-refractivity contribution in [3.05, 3.63) is 83.4 Å². The molecule has 1 fully saturated rings. The van der Waals surface area contributed by atoms with E-state index < -0.39 is 0 Å². The van der Waals surface area contributed by atoms with Crippen LogP contribution in [-0.2, 0) is 29.1 Å². The fourth-order valence-corrected chi connectivity index (χ4v) is 4.85. The van der Waals surface area contributed by atoms with Crippen LogP contribution in [0.1, 0.15) is 31.2 Å². The molecule has 4 rings (SSSR count). The lowest BCUT2D eigenvalue weighted by molar-refractivity contribution is -0.139. The zero-order valence-electron chi connectivity index (χ0n) is 20.8. The van der Waals surface area contributed by atoms with Crippen molar-refractivity contribution in [2.45, 2.75) is 45.4 Å². The van der Waals surface area contributed by atoms with Crippen molar-refractivity contribution in [3.8, 4) is 5.75 Å². The number of aromatic nitrogens is 2. The topological polar surface area (TPSA) is 67.7 Å². The van der Waals surface area contributed by atoms with Gasteiger partial charge in [0.2, 0.25) is 11.8 Å². The number of aryl methyl sites for hydroxylation is 1. The lowest BCUT2D eigenvalue weighted by atomic mass is 9.90. The van der Waals surface area contributed by atoms with Crippen molar-refractivity contribution in [2.24, 2.45) is 5.92 Å². The normalized spacial score (nSPS) is 17.6. The average Bonchev–Trinajstić information content (AvgIpc) is 3.32. The number of benzene rings is 2. The first kappa shape index (κ1) is 25.8. The Balaban J connectivity index is 1.46. The predicted octanol–water partition coefficient (Wildman–Crippen LogP) is 4.44. The van der Waals surface area contributed by atoms with Gasteiger partial charge in [-0.2, -0.15) is 0 Å². The summed E-state index contributed by atoms with van der Waals surface area (Å²) in [5, 5.41) is 0.599. The highest BCUT2D eigenvalue weighted by atomic mass is 35.5. The molecule has 2 aromatic carbocycles. The first-order valence-corrected chi connectivity index (χ1v) is 12.8. The molecule has 0 bridgehead atoms. The van der Waals surface area contributed by atoms with Crippen molar-refractivity contribution < 1.29 is 14.3 Å². The number of rotatable bonds is 9. The highest BCUT2D eigenvalue weighted by Crippen LogP contribution is 2.28. The summed E-state index contributed by atoms with van der Waals surface area (Å²) in [5.41, 5.74) is 1.08. The maximum atomic E-state index is 13.2. The van der Waals surface area contributed by atoms with E-state index in [0.29, 0.717) is 43.2 Å². The summed E-state index contributed by atoms with van der Waals surface area (Å²) >= 11 is 6.16. The lowest BCUT2D eigenvalue weighted by Gasteiger charge is -2.39. The van der Waals surface area contributed by atoms with Gasteiger partial charge in [0.25, 0.3) is 0 Å². The van der Waals surface area contributed by atoms with Crippen LogP contribution in [0.2, 0.25) is 5.02 Å². The Morgan fingerprint density at radius 1 is 1.17 bits per heavy atom. The largest absolute Gasteiger partial charge is 0.490 e. The van der Waals surface area contributed by atoms with Crippen LogP contribution in [0.25, 0.3) is 0 Å². The van der Waals surface area contributed by atoms with Gasteiger partial charge in [0.1, 0.15) is 24.2 Å². The van der Waals surface area contributed by atoms with Crippen molar-refractivity contribution in [3.63, 3.8) is 0 Å². The van der Waals surface area contributed by atoms with E-state index in [0.717, 1.165) is 17.8 Å². The van der Waals surface area contributed by atoms with Gasteiger partial charge in [0.05, 0.1) is 0 Å². The van der Waals surface area contributed by atoms with E-state index in [2.05, 4.69) is 4.98 Å². The van der Waals surface area contributed by atoms with Crippen LogP contribution in [0, 0.1) is 5.92 Å². The Kier molecular flexibility index (Phi) is 8.65. The Hall–Kier alpha value is -3.32. The third kappa shape index (κ3) is 6.66. The van der Waals surface area contributed by atoms with Gasteiger partial charge in [0.15, 0.2) is 0 Å². The second kappa shape index (κ2) is 12.1. The summed E-state index contributed by atoms with van der Waals surface area (Å²) in [6, 6.07) is 17.2. The zero-order valence-corrected chi connectivity index (χ0v) is 21.6. The summed E-state index contributed by atoms with van der Waals surface area (Å²) in [6.45, 7) is 3.85. The van der Waals surface area contributed by atoms with Gasteiger partial charge in [-0.25, -0.2) is 4.98 Å². The quantitative estimate of drug-likeness (QED) is 0.428. The molecule has 0 N–H and O–H groups in total. The minimum Gasteiger partial charge on any atom is -0.490 e. The van der Waals surface area contributed by atoms with E-state index in [9.17, 15) is 9.59 Å². The molecule has 0 radical (unpaired) electrons. The highest BCUT2D eigenvalue weighted by Gasteiger charge is 2.35. The standard InChI is InChI=1S/C28H33ClN4O3/c1-3-26-30-13-15-32(26)20-28(35)33-14-12-25(36-24-11-7-10-23(29)17-24)22(19-33)16-27(34)31(2)18-21-8-5-4-6-9-21/h4-11,13,15,17,22,25H,3,12,14,16,18-20H2,1-2H3/t22-,25-/m0/s1. The van der Waals surface area contributed by atoms with E-state index in [1.54, 1.807) is 23.2 Å². The van der Waals surface area contributed by atoms with Crippen LogP contribution in [0.5, 0.6) is 5.75 Å². The average molecular weight is 509 g/mol. The summed E-state index contributed by atoms with van der Waals surface area (Å²) in [6.07, 6.45) is 5.07. The Labute approximate surface area is 217 Å². The number of imidazole rings is 1. The first-order valence-electron chi connectivity index (χ1n) is 12.4. The monoisotopic (exact) mass is 508 g/mol. The number of amides is 2. The van der Waals surface area contributed by atoms with E-state index >= 15 is 0 Å². The predicted molar refractivity (Wildman–Crippen MR) is 140 cm³/mol. The van der Waals surface area contributed by atoms with Crippen LogP contribution in [0.15, 0.2) is 67.0 Å². The molecule has 3 aromatic rings. The smallest absolute Gasteiger partial charge is 0.242 e. The number of hydrogen-bond acceptors (Lipinski definition) is 4. The molecule has 1 aromatic heterocycles. The molecule has 1 aliphatic rings. The molecule has 8 heteroatoms. The van der Waals surface area contributed by atoms with Gasteiger partial charge in [-0.3, -0.25) is 9.59 Å². The number of likely N-dealkylation sites (tertiary alicyclic amines) is 1. The number of carbonyl (C=O) groups is 2. The van der Waals surface area contributed by atoms with Crippen molar-refractivity contribution >= 4 is 23.4 Å². The molecule has 190 valence electrons. The Morgan fingerprint density at radius 3 is 2.72 bits per heavy atom. The van der Waals surface area contributed by atoms with Crippen LogP contribution in [0.3, 0.4) is 0 Å². The van der Waals surface area contributed by atoms with Crippen LogP contribution < -0.4 is 4.74 Å². The molecule has 0 saturated carbocycles. The second-order valence-corrected chi connectivity index (χ2v) is 9.70. The molecular formula is C28H33ClN4O3. The number of hydrogen-bond donors (Lipinski definition) is 0. The van der Waals surface area contributed by atoms with Crippen LogP contribution in [-0.4, -0.2) is 57.4 Å². The van der Waals surface area contributed by atoms with Gasteiger partial charge in [-0.15, -0.1) is 0 Å². The molecule has 0 aliphatic carbocycles. The number of piperidine rings is 1. The molecule has 0 spiro atoms. The molecule has 2 amide bonds. The Morgan fingerprint density at radius 2 is 1.97 bits per heavy atom. The van der Waals surface area contributed by atoms with Crippen molar-refractivity contribution in [2.75, 3.05) is 20.1 Å². The van der Waals surface area contributed by atoms with Gasteiger partial charge in [-0.05, 0) is 23.8 Å². The molecule has 7 nitrogen and oxygen atoms in total. The van der Waals surface area contributed by atoms with E-state index in [1.165, 1.54) is 0 Å². The molecule has 2 heterocycles. The third-order valence-corrected chi connectivity index (χ3v) is 6.88. The SMILES string of the molecule is CCc1nccn1CC(=O)N1CC[C@H](Oc2cccc(Cl)c2)[C@@H](CC(=O)N(C)Cc2ccccc2)C1. The molecular weight excluding hydrogens is 476 g/mol. The summed E-state index contributed by atoms with van der Waals surface area (Å²) in [4.78, 5) is 34.3. The minimum atomic E-state index is -0.193. The molecule has 2 atom stereocenters. The Bertz CT molecular complexity index is 1170. The van der Waals surface area contributed by atoms with Gasteiger partial charge in [-0.1, -0.05) is 54.9 Å². The fourth-order valence-electron chi connectivity index (χ4n) is 4.67. The third-order valence-electron chi connectivity index (χ3n) is 6.65. The molecule has 1 aliphatic heterocycles. The van der Waals surface area contributed by atoms with Crippen molar-refractivity contribution in [1.29, 1.82) is 0 Å². The lowest BCUT2D eigenvalue weighted by Crippen LogP contribution is -2.50. The molecule has 0 unspecified atom stereocenters. The van der Waals surface area contributed by atoms with E-state index in [-0.39, 0.29) is 30.4 Å². The van der Waals surface area contributed by atoms with Gasteiger partial charge < -0.3 is 19.1 Å². The van der Waals surface area contributed by atoms with Crippen molar-refractivity contribution in [1.82, 2.24) is 19.4 Å². The zero-order chi connectivity index (χ0) is 25.5. The van der Waals surface area contributed by atoms with Gasteiger partial charge >= 0.3 is 0 Å². The molecule has 1 saturated heterocycles. The summed E-state index contributed by atoms with van der Waals surface area (Å²) < 4.78 is 8.20. The maximum Gasteiger partial charge on any atom is 0.242 e. The molecule has 36 heavy (non-hydrogen) atoms. The van der Waals surface area contributed by atoms with E-state index in [1.807, 2.05) is 72.1 Å². The number of halogens is 1. The summed E-state index contributed by atoms with van der Waals surface area (Å²) in [5.74, 6) is 1.48. The number of carbonyl (C=O) groups excluding carboxylic acids is 2. The van der Waals surface area contributed by atoms with Crippen LogP contribution >= 0.6 is 11.6 Å². The number of nitrogens with zero attached hydrogens (tertiary/aromatic N) is 4. The van der Waals surface area contributed by atoms with Gasteiger partial charge in [0, 0.05) is 69.3 Å². The van der Waals surface area contributed by atoms with Crippen LogP contribution in [0.4, 0.5) is 0 Å². The first-order chi connectivity index (χ1) is 17.4. The minimum absolute atomic E-state index is 0.0268. The maximum absolute atomic E-state index is 13.2. The highest BCUT2D eigenvalue weighted by molar-refractivity contribution is 6.30. The number of ether oxygens (including phenoxy) is 1.